The first kappa shape index (κ1) is 20.4. The quantitative estimate of drug-likeness (QED) is 0.759. The summed E-state index contributed by atoms with van der Waals surface area (Å²) in [6, 6.07) is 12.9. The maximum absolute atomic E-state index is 13.0. The molecule has 0 aliphatic carbocycles. The first-order chi connectivity index (χ1) is 13.3. The van der Waals surface area contributed by atoms with Crippen LogP contribution in [0.15, 0.2) is 59.5 Å². The normalized spacial score (nSPS) is 20.6. The van der Waals surface area contributed by atoms with E-state index in [4.69, 9.17) is 0 Å². The van der Waals surface area contributed by atoms with Gasteiger partial charge in [-0.1, -0.05) is 18.2 Å². The van der Waals surface area contributed by atoms with Crippen molar-refractivity contribution in [3.05, 3.63) is 66.0 Å². The third kappa shape index (κ3) is 5.15. The van der Waals surface area contributed by atoms with Crippen molar-refractivity contribution in [3.63, 3.8) is 0 Å². The van der Waals surface area contributed by atoms with Crippen LogP contribution in [0.3, 0.4) is 0 Å². The monoisotopic (exact) mass is 406 g/mol. The molecule has 0 unspecified atom stereocenters. The minimum atomic E-state index is -3.39. The summed E-state index contributed by atoms with van der Waals surface area (Å²) in [5.41, 5.74) is 0.303. The van der Waals surface area contributed by atoms with Crippen molar-refractivity contribution in [2.45, 2.75) is 23.5 Å². The van der Waals surface area contributed by atoms with Crippen molar-refractivity contribution in [1.29, 1.82) is 0 Å². The zero-order valence-electron chi connectivity index (χ0n) is 15.3. The minimum Gasteiger partial charge on any atom is -0.391 e. The van der Waals surface area contributed by atoms with Gasteiger partial charge in [0.05, 0.1) is 22.8 Å². The van der Waals surface area contributed by atoms with Crippen molar-refractivity contribution >= 4 is 15.7 Å². The average molecular weight is 406 g/mol. The SMILES string of the molecule is O=C(N[C@@H]1CN(CCS(=O)(=O)c2ccccc2)CC[C@@H]1O)c1ccc(F)cc1. The molecule has 2 aromatic carbocycles. The molecule has 2 aromatic rings. The second kappa shape index (κ2) is 8.81. The number of likely N-dealkylation sites (tertiary alicyclic amines) is 1. The Hall–Kier alpha value is -2.29. The van der Waals surface area contributed by atoms with E-state index in [-0.39, 0.29) is 10.6 Å². The van der Waals surface area contributed by atoms with E-state index in [1.54, 1.807) is 30.3 Å². The summed E-state index contributed by atoms with van der Waals surface area (Å²) in [5, 5.41) is 13.0. The van der Waals surface area contributed by atoms with E-state index < -0.39 is 33.7 Å². The summed E-state index contributed by atoms with van der Waals surface area (Å²) in [6.07, 6.45) is -0.286. The van der Waals surface area contributed by atoms with Crippen molar-refractivity contribution in [2.24, 2.45) is 0 Å². The first-order valence-corrected chi connectivity index (χ1v) is 10.7. The van der Waals surface area contributed by atoms with Gasteiger partial charge in [0, 0.05) is 25.2 Å². The minimum absolute atomic E-state index is 0.0360. The number of hydrogen-bond donors (Lipinski definition) is 2. The number of sulfone groups is 1. The molecule has 150 valence electrons. The lowest BCUT2D eigenvalue weighted by atomic mass is 10.0. The number of benzene rings is 2. The number of nitrogens with zero attached hydrogens (tertiary/aromatic N) is 1. The molecule has 1 saturated heterocycles. The summed E-state index contributed by atoms with van der Waals surface area (Å²) < 4.78 is 37.9. The van der Waals surface area contributed by atoms with Crippen molar-refractivity contribution < 1.29 is 22.7 Å². The fourth-order valence-electron chi connectivity index (χ4n) is 3.20. The van der Waals surface area contributed by atoms with E-state index in [1.807, 2.05) is 4.90 Å². The zero-order valence-corrected chi connectivity index (χ0v) is 16.1. The number of aliphatic hydroxyl groups excluding tert-OH is 1. The maximum atomic E-state index is 13.0. The van der Waals surface area contributed by atoms with Crippen LogP contribution in [-0.2, 0) is 9.84 Å². The number of halogens is 1. The molecule has 0 bridgehead atoms. The lowest BCUT2D eigenvalue weighted by molar-refractivity contribution is 0.0454. The lowest BCUT2D eigenvalue weighted by Crippen LogP contribution is -2.55. The molecule has 8 heteroatoms. The third-order valence-corrected chi connectivity index (χ3v) is 6.57. The van der Waals surface area contributed by atoms with Gasteiger partial charge in [-0.25, -0.2) is 12.8 Å². The van der Waals surface area contributed by atoms with Gasteiger partial charge in [0.1, 0.15) is 5.82 Å². The van der Waals surface area contributed by atoms with Crippen LogP contribution in [-0.4, -0.2) is 61.9 Å². The summed E-state index contributed by atoms with van der Waals surface area (Å²) >= 11 is 0. The largest absolute Gasteiger partial charge is 0.391 e. The number of nitrogens with one attached hydrogen (secondary N) is 1. The Morgan fingerprint density at radius 1 is 1.14 bits per heavy atom. The van der Waals surface area contributed by atoms with Crippen LogP contribution in [0.4, 0.5) is 4.39 Å². The molecule has 1 aliphatic heterocycles. The molecule has 0 radical (unpaired) electrons. The highest BCUT2D eigenvalue weighted by Gasteiger charge is 2.30. The molecular formula is C20H23FN2O4S. The Labute approximate surface area is 163 Å². The maximum Gasteiger partial charge on any atom is 0.251 e. The highest BCUT2D eigenvalue weighted by molar-refractivity contribution is 7.91. The van der Waals surface area contributed by atoms with Crippen LogP contribution in [0.25, 0.3) is 0 Å². The van der Waals surface area contributed by atoms with E-state index in [9.17, 15) is 22.7 Å². The Kier molecular flexibility index (Phi) is 6.43. The van der Waals surface area contributed by atoms with Gasteiger partial charge in [-0.2, -0.15) is 0 Å². The van der Waals surface area contributed by atoms with Crippen LogP contribution >= 0.6 is 0 Å². The average Bonchev–Trinajstić information content (AvgIpc) is 2.70. The number of piperidine rings is 1. The highest BCUT2D eigenvalue weighted by atomic mass is 32.2. The summed E-state index contributed by atoms with van der Waals surface area (Å²) in [5.74, 6) is -0.867. The Bertz CT molecular complexity index is 904. The van der Waals surface area contributed by atoms with Gasteiger partial charge in [0.25, 0.3) is 5.91 Å². The standard InChI is InChI=1S/C20H23FN2O4S/c21-16-8-6-15(7-9-16)20(25)22-18-14-23(11-10-19(18)24)12-13-28(26,27)17-4-2-1-3-5-17/h1-9,18-19,24H,10-14H2,(H,22,25)/t18-,19+/m1/s1. The fraction of sp³-hybridized carbons (Fsp3) is 0.350. The summed E-state index contributed by atoms with van der Waals surface area (Å²) in [7, 11) is -3.39. The number of carbonyl (C=O) groups excluding carboxylic acids is 1. The van der Waals surface area contributed by atoms with Gasteiger partial charge in [0.15, 0.2) is 9.84 Å². The predicted octanol–water partition coefficient (Wildman–Crippen LogP) is 1.46. The van der Waals surface area contributed by atoms with Crippen molar-refractivity contribution in [3.8, 4) is 0 Å². The Morgan fingerprint density at radius 3 is 2.50 bits per heavy atom. The van der Waals surface area contributed by atoms with Crippen LogP contribution in [0.2, 0.25) is 0 Å². The molecule has 1 amide bonds. The van der Waals surface area contributed by atoms with Crippen LogP contribution in [0.5, 0.6) is 0 Å². The van der Waals surface area contributed by atoms with Gasteiger partial charge in [-0.3, -0.25) is 4.79 Å². The molecular weight excluding hydrogens is 383 g/mol. The molecule has 0 aromatic heterocycles. The predicted molar refractivity (Wildman–Crippen MR) is 103 cm³/mol. The molecule has 2 N–H and O–H groups in total. The molecule has 2 atom stereocenters. The van der Waals surface area contributed by atoms with Gasteiger partial charge in [-0.15, -0.1) is 0 Å². The van der Waals surface area contributed by atoms with E-state index in [2.05, 4.69) is 5.32 Å². The molecule has 28 heavy (non-hydrogen) atoms. The molecule has 1 aliphatic rings. The number of aliphatic hydroxyl groups is 1. The molecule has 3 rings (SSSR count). The highest BCUT2D eigenvalue weighted by Crippen LogP contribution is 2.15. The fourth-order valence-corrected chi connectivity index (χ4v) is 4.51. The molecule has 6 nitrogen and oxygen atoms in total. The van der Waals surface area contributed by atoms with E-state index in [0.29, 0.717) is 31.6 Å². The van der Waals surface area contributed by atoms with E-state index >= 15 is 0 Å². The first-order valence-electron chi connectivity index (χ1n) is 9.10. The van der Waals surface area contributed by atoms with Gasteiger partial charge >= 0.3 is 0 Å². The molecule has 0 saturated carbocycles. The van der Waals surface area contributed by atoms with Gasteiger partial charge in [-0.05, 0) is 42.8 Å². The second-order valence-electron chi connectivity index (χ2n) is 6.88. The van der Waals surface area contributed by atoms with Gasteiger partial charge < -0.3 is 15.3 Å². The van der Waals surface area contributed by atoms with Crippen LogP contribution < -0.4 is 5.32 Å². The smallest absolute Gasteiger partial charge is 0.251 e. The summed E-state index contributed by atoms with van der Waals surface area (Å²) in [4.78, 5) is 14.5. The van der Waals surface area contributed by atoms with Crippen LogP contribution in [0, 0.1) is 5.82 Å². The number of rotatable bonds is 6. The third-order valence-electron chi connectivity index (χ3n) is 4.86. The van der Waals surface area contributed by atoms with E-state index in [1.165, 1.54) is 24.3 Å². The Balaban J connectivity index is 1.58. The lowest BCUT2D eigenvalue weighted by Gasteiger charge is -2.36. The Morgan fingerprint density at radius 2 is 1.82 bits per heavy atom. The molecule has 1 heterocycles. The molecule has 1 fully saturated rings. The topological polar surface area (TPSA) is 86.7 Å². The van der Waals surface area contributed by atoms with Crippen molar-refractivity contribution in [2.75, 3.05) is 25.4 Å². The molecule has 0 spiro atoms. The van der Waals surface area contributed by atoms with Crippen LogP contribution in [0.1, 0.15) is 16.8 Å². The van der Waals surface area contributed by atoms with Crippen molar-refractivity contribution in [1.82, 2.24) is 10.2 Å². The number of carbonyl (C=O) groups is 1. The van der Waals surface area contributed by atoms with Gasteiger partial charge in [0.2, 0.25) is 0 Å². The second-order valence-corrected chi connectivity index (χ2v) is 8.98. The number of amides is 1. The van der Waals surface area contributed by atoms with E-state index in [0.717, 1.165) is 0 Å². The number of hydrogen-bond acceptors (Lipinski definition) is 5. The summed E-state index contributed by atoms with van der Waals surface area (Å²) in [6.45, 7) is 1.21. The zero-order chi connectivity index (χ0) is 20.1.